The summed E-state index contributed by atoms with van der Waals surface area (Å²) < 4.78 is 10.1. The van der Waals surface area contributed by atoms with Gasteiger partial charge in [-0.15, -0.1) is 0 Å². The van der Waals surface area contributed by atoms with E-state index in [2.05, 4.69) is 32.0 Å². The fraction of sp³-hybridized carbons (Fsp3) is 0.500. The van der Waals surface area contributed by atoms with Gasteiger partial charge in [-0.1, -0.05) is 18.2 Å². The zero-order valence-electron chi connectivity index (χ0n) is 10.6. The van der Waals surface area contributed by atoms with Crippen molar-refractivity contribution in [1.82, 2.24) is 0 Å². The average molecular weight is 234 g/mol. The Bertz CT molecular complexity index is 433. The molecular weight excluding hydrogens is 216 g/mol. The summed E-state index contributed by atoms with van der Waals surface area (Å²) >= 11 is 0. The second kappa shape index (κ2) is 4.49. The summed E-state index contributed by atoms with van der Waals surface area (Å²) in [5.41, 5.74) is 3.52. The molecule has 17 heavy (non-hydrogen) atoms. The highest BCUT2D eigenvalue weighted by molar-refractivity contribution is 5.71. The first-order valence-electron chi connectivity index (χ1n) is 5.80. The molecule has 1 saturated heterocycles. The summed E-state index contributed by atoms with van der Waals surface area (Å²) in [7, 11) is 1.43. The fourth-order valence-corrected chi connectivity index (χ4v) is 2.14. The molecular formula is C14H18O3. The van der Waals surface area contributed by atoms with Crippen LogP contribution in [0.5, 0.6) is 0 Å². The SMILES string of the molecule is COC(=O)CC1(c2ccc(C)c(C)c2)COC1. The van der Waals surface area contributed by atoms with Gasteiger partial charge in [0.2, 0.25) is 0 Å². The molecule has 0 unspecified atom stereocenters. The van der Waals surface area contributed by atoms with Crippen molar-refractivity contribution < 1.29 is 14.3 Å². The van der Waals surface area contributed by atoms with Gasteiger partial charge in [0.05, 0.1) is 32.2 Å². The third-order valence-electron chi connectivity index (χ3n) is 3.59. The Kier molecular flexibility index (Phi) is 3.20. The molecule has 0 N–H and O–H groups in total. The van der Waals surface area contributed by atoms with E-state index in [-0.39, 0.29) is 11.4 Å². The van der Waals surface area contributed by atoms with Gasteiger partial charge in [0, 0.05) is 0 Å². The predicted molar refractivity (Wildman–Crippen MR) is 65.0 cm³/mol. The lowest BCUT2D eigenvalue weighted by atomic mass is 9.75. The molecule has 1 fully saturated rings. The number of rotatable bonds is 3. The summed E-state index contributed by atoms with van der Waals surface area (Å²) in [5.74, 6) is -0.175. The smallest absolute Gasteiger partial charge is 0.306 e. The van der Waals surface area contributed by atoms with E-state index < -0.39 is 0 Å². The van der Waals surface area contributed by atoms with Crippen LogP contribution in [-0.2, 0) is 19.7 Å². The highest BCUT2D eigenvalue weighted by Gasteiger charge is 2.42. The molecule has 0 aromatic heterocycles. The Labute approximate surface area is 102 Å². The van der Waals surface area contributed by atoms with Gasteiger partial charge in [0.15, 0.2) is 0 Å². The molecule has 1 aliphatic rings. The Morgan fingerprint density at radius 2 is 2.06 bits per heavy atom. The first-order chi connectivity index (χ1) is 8.07. The van der Waals surface area contributed by atoms with Crippen molar-refractivity contribution in [1.29, 1.82) is 0 Å². The first kappa shape index (κ1) is 12.1. The molecule has 0 bridgehead atoms. The van der Waals surface area contributed by atoms with Crippen molar-refractivity contribution in [2.24, 2.45) is 0 Å². The normalized spacial score (nSPS) is 17.4. The molecule has 0 aliphatic carbocycles. The Morgan fingerprint density at radius 1 is 1.35 bits per heavy atom. The molecule has 0 spiro atoms. The van der Waals surface area contributed by atoms with Crippen LogP contribution in [0.3, 0.4) is 0 Å². The number of hydrogen-bond donors (Lipinski definition) is 0. The van der Waals surface area contributed by atoms with Crippen molar-refractivity contribution in [2.45, 2.75) is 25.7 Å². The number of benzene rings is 1. The van der Waals surface area contributed by atoms with Gasteiger partial charge in [-0.2, -0.15) is 0 Å². The number of hydrogen-bond acceptors (Lipinski definition) is 3. The Hall–Kier alpha value is -1.35. The lowest BCUT2D eigenvalue weighted by Gasteiger charge is -2.41. The summed E-state index contributed by atoms with van der Waals surface area (Å²) in [6.07, 6.45) is 0.395. The number of methoxy groups -OCH3 is 1. The molecule has 0 radical (unpaired) electrons. The van der Waals surface area contributed by atoms with Gasteiger partial charge >= 0.3 is 5.97 Å². The van der Waals surface area contributed by atoms with Crippen molar-refractivity contribution in [3.05, 3.63) is 34.9 Å². The van der Waals surface area contributed by atoms with E-state index in [1.165, 1.54) is 23.8 Å². The number of aryl methyl sites for hydroxylation is 2. The van der Waals surface area contributed by atoms with E-state index in [4.69, 9.17) is 9.47 Å². The molecule has 0 atom stereocenters. The van der Waals surface area contributed by atoms with Crippen LogP contribution in [0.15, 0.2) is 18.2 Å². The maximum Gasteiger partial charge on any atom is 0.306 e. The molecule has 3 heteroatoms. The van der Waals surface area contributed by atoms with Crippen molar-refractivity contribution >= 4 is 5.97 Å². The van der Waals surface area contributed by atoms with E-state index in [1.807, 2.05) is 0 Å². The summed E-state index contributed by atoms with van der Waals surface area (Å²) in [5, 5.41) is 0. The van der Waals surface area contributed by atoms with Gasteiger partial charge in [-0.05, 0) is 30.5 Å². The van der Waals surface area contributed by atoms with Crippen LogP contribution in [-0.4, -0.2) is 26.3 Å². The van der Waals surface area contributed by atoms with Gasteiger partial charge in [-0.3, -0.25) is 4.79 Å². The van der Waals surface area contributed by atoms with Crippen molar-refractivity contribution in [2.75, 3.05) is 20.3 Å². The van der Waals surface area contributed by atoms with Crippen molar-refractivity contribution in [3.63, 3.8) is 0 Å². The van der Waals surface area contributed by atoms with Crippen LogP contribution >= 0.6 is 0 Å². The first-order valence-corrected chi connectivity index (χ1v) is 5.80. The van der Waals surface area contributed by atoms with Gasteiger partial charge < -0.3 is 9.47 Å². The highest BCUT2D eigenvalue weighted by atomic mass is 16.5. The maximum atomic E-state index is 11.5. The molecule has 0 saturated carbocycles. The van der Waals surface area contributed by atoms with Crippen LogP contribution in [0.1, 0.15) is 23.1 Å². The highest BCUT2D eigenvalue weighted by Crippen LogP contribution is 2.36. The third kappa shape index (κ3) is 2.20. The molecule has 2 rings (SSSR count). The van der Waals surface area contributed by atoms with Gasteiger partial charge in [0.1, 0.15) is 0 Å². The topological polar surface area (TPSA) is 35.5 Å². The predicted octanol–water partition coefficient (Wildman–Crippen LogP) is 2.13. The lowest BCUT2D eigenvalue weighted by molar-refractivity contribution is -0.148. The van der Waals surface area contributed by atoms with Crippen LogP contribution in [0, 0.1) is 13.8 Å². The molecule has 92 valence electrons. The maximum absolute atomic E-state index is 11.5. The van der Waals surface area contributed by atoms with E-state index in [0.29, 0.717) is 19.6 Å². The van der Waals surface area contributed by atoms with Crippen LogP contribution in [0.25, 0.3) is 0 Å². The van der Waals surface area contributed by atoms with Gasteiger partial charge in [-0.25, -0.2) is 0 Å². The molecule has 1 aromatic carbocycles. The largest absolute Gasteiger partial charge is 0.469 e. The second-order valence-electron chi connectivity index (χ2n) is 4.83. The third-order valence-corrected chi connectivity index (χ3v) is 3.59. The quantitative estimate of drug-likeness (QED) is 0.752. The monoisotopic (exact) mass is 234 g/mol. The molecule has 1 aliphatic heterocycles. The molecule has 1 heterocycles. The van der Waals surface area contributed by atoms with Gasteiger partial charge in [0.25, 0.3) is 0 Å². The van der Waals surface area contributed by atoms with E-state index in [0.717, 1.165) is 0 Å². The summed E-state index contributed by atoms with van der Waals surface area (Å²) in [4.78, 5) is 11.5. The summed E-state index contributed by atoms with van der Waals surface area (Å²) in [6.45, 7) is 5.38. The van der Waals surface area contributed by atoms with Crippen molar-refractivity contribution in [3.8, 4) is 0 Å². The zero-order chi connectivity index (χ0) is 12.5. The number of esters is 1. The van der Waals surface area contributed by atoms with Crippen LogP contribution in [0.2, 0.25) is 0 Å². The molecule has 1 aromatic rings. The van der Waals surface area contributed by atoms with Crippen LogP contribution < -0.4 is 0 Å². The van der Waals surface area contributed by atoms with E-state index >= 15 is 0 Å². The second-order valence-corrected chi connectivity index (χ2v) is 4.83. The number of carbonyl (C=O) groups excluding carboxylic acids is 1. The minimum atomic E-state index is -0.175. The Balaban J connectivity index is 2.28. The van der Waals surface area contributed by atoms with E-state index in [9.17, 15) is 4.79 Å². The van der Waals surface area contributed by atoms with E-state index in [1.54, 1.807) is 0 Å². The minimum absolute atomic E-state index is 0.175. The molecule has 3 nitrogen and oxygen atoms in total. The number of carbonyl (C=O) groups is 1. The number of ether oxygens (including phenoxy) is 2. The lowest BCUT2D eigenvalue weighted by Crippen LogP contribution is -2.48. The minimum Gasteiger partial charge on any atom is -0.469 e. The molecule has 0 amide bonds. The zero-order valence-corrected chi connectivity index (χ0v) is 10.6. The standard InChI is InChI=1S/C14H18O3/c1-10-4-5-12(6-11(10)2)14(8-17-9-14)7-13(15)16-3/h4-6H,7-9H2,1-3H3. The summed E-state index contributed by atoms with van der Waals surface area (Å²) in [6, 6.07) is 6.34. The Morgan fingerprint density at radius 3 is 2.53 bits per heavy atom. The van der Waals surface area contributed by atoms with Crippen LogP contribution in [0.4, 0.5) is 0 Å². The fourth-order valence-electron chi connectivity index (χ4n) is 2.14. The average Bonchev–Trinajstić information content (AvgIpc) is 2.27.